The monoisotopic (exact) mass is 251 g/mol. The second-order valence-corrected chi connectivity index (χ2v) is 6.85. The molecule has 1 saturated heterocycles. The largest absolute Gasteiger partial charge is 0.378 e. The number of ether oxygens (including phenoxy) is 1. The Kier molecular flexibility index (Phi) is 4.25. The van der Waals surface area contributed by atoms with Gasteiger partial charge in [0.2, 0.25) is 0 Å². The van der Waals surface area contributed by atoms with Crippen LogP contribution >= 0.6 is 0 Å². The Bertz CT molecular complexity index is 268. The second kappa shape index (κ2) is 5.92. The van der Waals surface area contributed by atoms with E-state index in [4.69, 9.17) is 4.74 Å². The van der Waals surface area contributed by atoms with Crippen molar-refractivity contribution < 1.29 is 4.74 Å². The van der Waals surface area contributed by atoms with Crippen LogP contribution < -0.4 is 5.32 Å². The zero-order valence-electron chi connectivity index (χ0n) is 11.9. The fourth-order valence-electron chi connectivity index (χ4n) is 4.42. The van der Waals surface area contributed by atoms with Gasteiger partial charge in [0, 0.05) is 19.2 Å². The second-order valence-electron chi connectivity index (χ2n) is 6.85. The van der Waals surface area contributed by atoms with E-state index < -0.39 is 0 Å². The molecule has 18 heavy (non-hydrogen) atoms. The minimum Gasteiger partial charge on any atom is -0.378 e. The molecule has 2 saturated carbocycles. The van der Waals surface area contributed by atoms with E-state index in [0.29, 0.717) is 6.10 Å². The number of hydrogen-bond acceptors (Lipinski definition) is 2. The number of nitrogens with one attached hydrogen (secondary N) is 1. The van der Waals surface area contributed by atoms with E-state index in [0.717, 1.165) is 30.4 Å². The van der Waals surface area contributed by atoms with Crippen LogP contribution in [0.2, 0.25) is 0 Å². The van der Waals surface area contributed by atoms with E-state index in [9.17, 15) is 0 Å². The zero-order valence-corrected chi connectivity index (χ0v) is 11.9. The molecule has 104 valence electrons. The summed E-state index contributed by atoms with van der Waals surface area (Å²) in [6, 6.07) is 0.803. The lowest BCUT2D eigenvalue weighted by molar-refractivity contribution is 0.101. The Balaban J connectivity index is 1.43. The van der Waals surface area contributed by atoms with Crippen LogP contribution in [-0.4, -0.2) is 25.3 Å². The highest BCUT2D eigenvalue weighted by molar-refractivity contribution is 4.87. The maximum Gasteiger partial charge on any atom is 0.0588 e. The number of hydrogen-bond donors (Lipinski definition) is 1. The average Bonchev–Trinajstić information content (AvgIpc) is 2.82. The fourth-order valence-corrected chi connectivity index (χ4v) is 4.42. The third-order valence-corrected chi connectivity index (χ3v) is 5.74. The predicted molar refractivity (Wildman–Crippen MR) is 74.6 cm³/mol. The van der Waals surface area contributed by atoms with Gasteiger partial charge >= 0.3 is 0 Å². The van der Waals surface area contributed by atoms with Crippen molar-refractivity contribution >= 4 is 0 Å². The smallest absolute Gasteiger partial charge is 0.0588 e. The summed E-state index contributed by atoms with van der Waals surface area (Å²) < 4.78 is 5.65. The number of fused-ring (bicyclic) bond motifs is 1. The first-order valence-corrected chi connectivity index (χ1v) is 8.18. The molecule has 5 unspecified atom stereocenters. The highest BCUT2D eigenvalue weighted by Gasteiger charge is 2.32. The molecular formula is C16H29NO. The molecule has 0 aromatic heterocycles. The molecule has 0 bridgehead atoms. The van der Waals surface area contributed by atoms with Crippen LogP contribution in [0.3, 0.4) is 0 Å². The van der Waals surface area contributed by atoms with Crippen molar-refractivity contribution in [2.45, 2.75) is 70.4 Å². The van der Waals surface area contributed by atoms with Crippen molar-refractivity contribution in [3.63, 3.8) is 0 Å². The Labute approximate surface area is 112 Å². The van der Waals surface area contributed by atoms with Gasteiger partial charge in [-0.05, 0) is 50.4 Å². The predicted octanol–water partition coefficient (Wildman–Crippen LogP) is 3.36. The quantitative estimate of drug-likeness (QED) is 0.830. The van der Waals surface area contributed by atoms with Crippen molar-refractivity contribution in [3.05, 3.63) is 0 Å². The molecule has 0 aromatic carbocycles. The topological polar surface area (TPSA) is 21.3 Å². The Morgan fingerprint density at radius 1 is 1.00 bits per heavy atom. The molecule has 5 atom stereocenters. The standard InChI is InChI=1S/C16H29NO/c1-12-15(8-9-18-12)11-17-16-7-6-13-4-2-3-5-14(13)10-16/h12-17H,2-11H2,1H3. The van der Waals surface area contributed by atoms with Crippen molar-refractivity contribution in [2.24, 2.45) is 17.8 Å². The molecular weight excluding hydrogens is 222 g/mol. The van der Waals surface area contributed by atoms with Crippen LogP contribution in [0.5, 0.6) is 0 Å². The molecule has 0 radical (unpaired) electrons. The summed E-state index contributed by atoms with van der Waals surface area (Å²) in [6.07, 6.45) is 12.1. The molecule has 2 aliphatic carbocycles. The molecule has 2 heteroatoms. The summed E-state index contributed by atoms with van der Waals surface area (Å²) in [5.74, 6) is 2.88. The lowest BCUT2D eigenvalue weighted by atomic mass is 9.69. The molecule has 1 heterocycles. The lowest BCUT2D eigenvalue weighted by Gasteiger charge is -2.40. The molecule has 1 aliphatic heterocycles. The highest BCUT2D eigenvalue weighted by Crippen LogP contribution is 2.40. The van der Waals surface area contributed by atoms with Gasteiger partial charge in [0.15, 0.2) is 0 Å². The Morgan fingerprint density at radius 3 is 2.61 bits per heavy atom. The summed E-state index contributed by atoms with van der Waals surface area (Å²) in [7, 11) is 0. The van der Waals surface area contributed by atoms with Crippen molar-refractivity contribution in [1.82, 2.24) is 5.32 Å². The summed E-state index contributed by atoms with van der Waals surface area (Å²) >= 11 is 0. The van der Waals surface area contributed by atoms with Gasteiger partial charge in [0.1, 0.15) is 0 Å². The molecule has 1 N–H and O–H groups in total. The van der Waals surface area contributed by atoms with Crippen LogP contribution in [0.25, 0.3) is 0 Å². The third kappa shape index (κ3) is 2.91. The summed E-state index contributed by atoms with van der Waals surface area (Å²) in [5.41, 5.74) is 0. The van der Waals surface area contributed by atoms with Crippen LogP contribution in [-0.2, 0) is 4.74 Å². The van der Waals surface area contributed by atoms with E-state index in [2.05, 4.69) is 12.2 Å². The molecule has 3 fully saturated rings. The van der Waals surface area contributed by atoms with Crippen molar-refractivity contribution in [1.29, 1.82) is 0 Å². The van der Waals surface area contributed by atoms with Crippen LogP contribution in [0, 0.1) is 17.8 Å². The molecule has 2 nitrogen and oxygen atoms in total. The van der Waals surface area contributed by atoms with Crippen LogP contribution in [0.4, 0.5) is 0 Å². The van der Waals surface area contributed by atoms with E-state index >= 15 is 0 Å². The van der Waals surface area contributed by atoms with Gasteiger partial charge in [-0.25, -0.2) is 0 Å². The lowest BCUT2D eigenvalue weighted by Crippen LogP contribution is -2.41. The van der Waals surface area contributed by atoms with Crippen LogP contribution in [0.1, 0.15) is 58.3 Å². The van der Waals surface area contributed by atoms with Gasteiger partial charge in [-0.1, -0.05) is 25.7 Å². The minimum absolute atomic E-state index is 0.475. The fraction of sp³-hybridized carbons (Fsp3) is 1.00. The molecule has 0 spiro atoms. The summed E-state index contributed by atoms with van der Waals surface area (Å²) in [5, 5.41) is 3.85. The van der Waals surface area contributed by atoms with E-state index in [1.54, 1.807) is 0 Å². The van der Waals surface area contributed by atoms with E-state index in [-0.39, 0.29) is 0 Å². The van der Waals surface area contributed by atoms with Gasteiger partial charge in [0.05, 0.1) is 6.10 Å². The summed E-state index contributed by atoms with van der Waals surface area (Å²) in [6.45, 7) is 4.39. The normalized spacial score (nSPS) is 44.8. The van der Waals surface area contributed by atoms with Gasteiger partial charge in [-0.2, -0.15) is 0 Å². The Morgan fingerprint density at radius 2 is 1.83 bits per heavy atom. The first-order chi connectivity index (χ1) is 8.83. The average molecular weight is 251 g/mol. The Hall–Kier alpha value is -0.0800. The maximum absolute atomic E-state index is 5.65. The van der Waals surface area contributed by atoms with Gasteiger partial charge in [0.25, 0.3) is 0 Å². The zero-order chi connectivity index (χ0) is 12.4. The molecule has 3 aliphatic rings. The molecule has 0 amide bonds. The minimum atomic E-state index is 0.475. The molecule has 3 rings (SSSR count). The van der Waals surface area contributed by atoms with Crippen LogP contribution in [0.15, 0.2) is 0 Å². The van der Waals surface area contributed by atoms with Crippen molar-refractivity contribution in [2.75, 3.05) is 13.2 Å². The first kappa shape index (κ1) is 12.9. The van der Waals surface area contributed by atoms with E-state index in [1.807, 2.05) is 0 Å². The first-order valence-electron chi connectivity index (χ1n) is 8.18. The van der Waals surface area contributed by atoms with E-state index in [1.165, 1.54) is 57.9 Å². The highest BCUT2D eigenvalue weighted by atomic mass is 16.5. The van der Waals surface area contributed by atoms with Gasteiger partial charge in [-0.15, -0.1) is 0 Å². The van der Waals surface area contributed by atoms with Crippen molar-refractivity contribution in [3.8, 4) is 0 Å². The number of rotatable bonds is 3. The van der Waals surface area contributed by atoms with Gasteiger partial charge < -0.3 is 10.1 Å². The summed E-state index contributed by atoms with van der Waals surface area (Å²) in [4.78, 5) is 0. The third-order valence-electron chi connectivity index (χ3n) is 5.74. The van der Waals surface area contributed by atoms with Gasteiger partial charge in [-0.3, -0.25) is 0 Å². The molecule has 0 aromatic rings. The SMILES string of the molecule is CC1OCCC1CNC1CCC2CCCCC2C1. The maximum atomic E-state index is 5.65.